The van der Waals surface area contributed by atoms with E-state index < -0.39 is 10.0 Å². The van der Waals surface area contributed by atoms with E-state index >= 15 is 0 Å². The maximum Gasteiger partial charge on any atom is 0.275 e. The van der Waals surface area contributed by atoms with Crippen molar-refractivity contribution >= 4 is 27.3 Å². The van der Waals surface area contributed by atoms with Gasteiger partial charge < -0.3 is 9.73 Å². The second-order valence-electron chi connectivity index (χ2n) is 4.63. The first-order valence-electron chi connectivity index (χ1n) is 6.19. The lowest BCUT2D eigenvalue weighted by Crippen LogP contribution is -2.21. The Bertz CT molecular complexity index is 741. The van der Waals surface area contributed by atoms with Crippen LogP contribution in [-0.4, -0.2) is 31.8 Å². The number of hydrogen-bond acceptors (Lipinski definition) is 5. The third-order valence-electron chi connectivity index (χ3n) is 2.88. The number of pyridine rings is 1. The lowest BCUT2D eigenvalue weighted by Gasteiger charge is -2.09. The summed E-state index contributed by atoms with van der Waals surface area (Å²) in [6, 6.07) is 6.56. The molecule has 0 aliphatic rings. The van der Waals surface area contributed by atoms with Crippen LogP contribution in [0, 0.1) is 6.92 Å². The molecule has 0 saturated carbocycles. The molecule has 114 valence electrons. The van der Waals surface area contributed by atoms with Crippen LogP contribution in [-0.2, 0) is 16.6 Å². The van der Waals surface area contributed by atoms with E-state index in [-0.39, 0.29) is 5.09 Å². The molecule has 0 atom stereocenters. The number of nitrogens with zero attached hydrogens (tertiary/aromatic N) is 2. The van der Waals surface area contributed by atoms with Gasteiger partial charge in [-0.2, -0.15) is 0 Å². The summed E-state index contributed by atoms with van der Waals surface area (Å²) in [5, 5.41) is 3.48. The van der Waals surface area contributed by atoms with Crippen LogP contribution in [0.4, 0.5) is 5.69 Å². The van der Waals surface area contributed by atoms with Gasteiger partial charge in [0, 0.05) is 14.1 Å². The summed E-state index contributed by atoms with van der Waals surface area (Å²) in [6.07, 6.45) is 0. The molecule has 2 aromatic heterocycles. The Morgan fingerprint density at radius 3 is 2.62 bits per heavy atom. The first-order chi connectivity index (χ1) is 9.80. The number of nitrogens with one attached hydrogen (secondary N) is 1. The SMILES string of the molecule is Cc1nc(Cl)ccc1NCc1ccc(S(=O)(=O)N(C)C)o1. The zero-order valence-corrected chi connectivity index (χ0v) is 13.5. The van der Waals surface area contributed by atoms with Crippen molar-refractivity contribution < 1.29 is 12.8 Å². The van der Waals surface area contributed by atoms with Crippen LogP contribution < -0.4 is 5.32 Å². The molecular weight excluding hydrogens is 314 g/mol. The number of rotatable bonds is 5. The zero-order chi connectivity index (χ0) is 15.6. The van der Waals surface area contributed by atoms with E-state index in [1.807, 2.05) is 13.0 Å². The standard InChI is InChI=1S/C13H16ClN3O3S/c1-9-11(5-6-12(14)16-9)15-8-10-4-7-13(20-10)21(18,19)17(2)3/h4-7,15H,8H2,1-3H3. The maximum atomic E-state index is 11.9. The second kappa shape index (κ2) is 6.05. The number of anilines is 1. The predicted molar refractivity (Wildman–Crippen MR) is 80.9 cm³/mol. The van der Waals surface area contributed by atoms with E-state index in [0.29, 0.717) is 17.5 Å². The number of aryl methyl sites for hydroxylation is 1. The fraction of sp³-hybridized carbons (Fsp3) is 0.308. The Morgan fingerprint density at radius 2 is 2.00 bits per heavy atom. The molecule has 2 aromatic rings. The quantitative estimate of drug-likeness (QED) is 0.853. The summed E-state index contributed by atoms with van der Waals surface area (Å²) in [4.78, 5) is 4.12. The van der Waals surface area contributed by atoms with Gasteiger partial charge in [-0.15, -0.1) is 0 Å². The van der Waals surface area contributed by atoms with Gasteiger partial charge in [-0.25, -0.2) is 17.7 Å². The van der Waals surface area contributed by atoms with Crippen LogP contribution >= 0.6 is 11.6 Å². The van der Waals surface area contributed by atoms with Crippen molar-refractivity contribution in [3.05, 3.63) is 40.9 Å². The van der Waals surface area contributed by atoms with E-state index in [9.17, 15) is 8.42 Å². The van der Waals surface area contributed by atoms with E-state index in [1.165, 1.54) is 20.2 Å². The monoisotopic (exact) mass is 329 g/mol. The topological polar surface area (TPSA) is 75.4 Å². The number of halogens is 1. The molecule has 6 nitrogen and oxygen atoms in total. The Kier molecular flexibility index (Phi) is 4.55. The van der Waals surface area contributed by atoms with E-state index in [1.54, 1.807) is 12.1 Å². The molecule has 0 saturated heterocycles. The van der Waals surface area contributed by atoms with Crippen LogP contribution in [0.3, 0.4) is 0 Å². The molecule has 0 aromatic carbocycles. The Labute approximate surface area is 128 Å². The molecule has 0 spiro atoms. The molecule has 0 radical (unpaired) electrons. The fourth-order valence-corrected chi connectivity index (χ4v) is 2.67. The van der Waals surface area contributed by atoms with Crippen molar-refractivity contribution in [3.8, 4) is 0 Å². The Morgan fingerprint density at radius 1 is 1.29 bits per heavy atom. The van der Waals surface area contributed by atoms with E-state index in [4.69, 9.17) is 16.0 Å². The highest BCUT2D eigenvalue weighted by atomic mass is 35.5. The molecule has 0 aliphatic heterocycles. The van der Waals surface area contributed by atoms with Crippen molar-refractivity contribution in [3.63, 3.8) is 0 Å². The van der Waals surface area contributed by atoms with E-state index in [0.717, 1.165) is 15.7 Å². The van der Waals surface area contributed by atoms with Crippen molar-refractivity contribution in [2.24, 2.45) is 0 Å². The number of aromatic nitrogens is 1. The van der Waals surface area contributed by atoms with Crippen LogP contribution in [0.2, 0.25) is 5.15 Å². The summed E-state index contributed by atoms with van der Waals surface area (Å²) >= 11 is 5.79. The Balaban J connectivity index is 2.10. The van der Waals surface area contributed by atoms with Crippen molar-refractivity contribution in [1.29, 1.82) is 0 Å². The highest BCUT2D eigenvalue weighted by Gasteiger charge is 2.21. The molecule has 21 heavy (non-hydrogen) atoms. The predicted octanol–water partition coefficient (Wildman–Crippen LogP) is 2.50. The third kappa shape index (κ3) is 3.55. The van der Waals surface area contributed by atoms with Crippen molar-refractivity contribution in [2.75, 3.05) is 19.4 Å². The molecule has 0 bridgehead atoms. The first kappa shape index (κ1) is 15.8. The summed E-state index contributed by atoms with van der Waals surface area (Å²) in [6.45, 7) is 2.19. The Hall–Kier alpha value is -1.57. The van der Waals surface area contributed by atoms with Gasteiger partial charge in [0.1, 0.15) is 10.9 Å². The molecule has 0 amide bonds. The van der Waals surface area contributed by atoms with Gasteiger partial charge in [-0.05, 0) is 31.2 Å². The highest BCUT2D eigenvalue weighted by Crippen LogP contribution is 2.20. The van der Waals surface area contributed by atoms with Crippen LogP contribution in [0.15, 0.2) is 33.8 Å². The van der Waals surface area contributed by atoms with Gasteiger partial charge in [-0.1, -0.05) is 11.6 Å². The summed E-state index contributed by atoms with van der Waals surface area (Å²) in [5.41, 5.74) is 1.57. The summed E-state index contributed by atoms with van der Waals surface area (Å²) < 4.78 is 30.3. The van der Waals surface area contributed by atoms with Gasteiger partial charge >= 0.3 is 0 Å². The number of sulfonamides is 1. The van der Waals surface area contributed by atoms with Gasteiger partial charge in [0.25, 0.3) is 10.0 Å². The van der Waals surface area contributed by atoms with Gasteiger partial charge in [0.05, 0.1) is 17.9 Å². The lowest BCUT2D eigenvalue weighted by atomic mass is 10.3. The molecule has 8 heteroatoms. The molecule has 2 rings (SSSR count). The number of furan rings is 1. The average molecular weight is 330 g/mol. The number of hydrogen-bond donors (Lipinski definition) is 1. The minimum absolute atomic E-state index is 0.0738. The largest absolute Gasteiger partial charge is 0.446 e. The highest BCUT2D eigenvalue weighted by molar-refractivity contribution is 7.88. The van der Waals surface area contributed by atoms with Gasteiger partial charge in [-0.3, -0.25) is 0 Å². The maximum absolute atomic E-state index is 11.9. The normalized spacial score (nSPS) is 11.9. The molecule has 0 fully saturated rings. The second-order valence-corrected chi connectivity index (χ2v) is 7.10. The smallest absolute Gasteiger partial charge is 0.275 e. The van der Waals surface area contributed by atoms with Crippen LogP contribution in [0.25, 0.3) is 0 Å². The molecule has 1 N–H and O–H groups in total. The zero-order valence-electron chi connectivity index (χ0n) is 11.9. The van der Waals surface area contributed by atoms with Crippen LogP contribution in [0.1, 0.15) is 11.5 Å². The minimum atomic E-state index is -3.54. The van der Waals surface area contributed by atoms with Gasteiger partial charge in [0.2, 0.25) is 5.09 Å². The van der Waals surface area contributed by atoms with Crippen LogP contribution in [0.5, 0.6) is 0 Å². The lowest BCUT2D eigenvalue weighted by molar-refractivity contribution is 0.402. The van der Waals surface area contributed by atoms with Gasteiger partial charge in [0.15, 0.2) is 0 Å². The first-order valence-corrected chi connectivity index (χ1v) is 8.01. The molecule has 0 aliphatic carbocycles. The van der Waals surface area contributed by atoms with E-state index in [2.05, 4.69) is 10.3 Å². The van der Waals surface area contributed by atoms with Crippen molar-refractivity contribution in [1.82, 2.24) is 9.29 Å². The average Bonchev–Trinajstić information content (AvgIpc) is 2.87. The fourth-order valence-electron chi connectivity index (χ4n) is 1.67. The molecule has 0 unspecified atom stereocenters. The summed E-state index contributed by atoms with van der Waals surface area (Å²) in [7, 11) is -0.630. The molecule has 2 heterocycles. The minimum Gasteiger partial charge on any atom is -0.446 e. The molecular formula is C13H16ClN3O3S. The third-order valence-corrected chi connectivity index (χ3v) is 4.78. The van der Waals surface area contributed by atoms with Crippen molar-refractivity contribution in [2.45, 2.75) is 18.6 Å². The summed E-state index contributed by atoms with van der Waals surface area (Å²) in [5.74, 6) is 0.518.